The molecule has 0 radical (unpaired) electrons. The Bertz CT molecular complexity index is 341. The van der Waals surface area contributed by atoms with E-state index in [0.29, 0.717) is 18.0 Å². The lowest BCUT2D eigenvalue weighted by atomic mass is 10.1. The van der Waals surface area contributed by atoms with Crippen molar-refractivity contribution in [3.8, 4) is 0 Å². The van der Waals surface area contributed by atoms with Gasteiger partial charge < -0.3 is 5.32 Å². The zero-order chi connectivity index (χ0) is 11.3. The Kier molecular flexibility index (Phi) is 4.21. The lowest BCUT2D eigenvalue weighted by Crippen LogP contribution is -2.28. The summed E-state index contributed by atoms with van der Waals surface area (Å²) in [6.07, 6.45) is 2.29. The zero-order valence-corrected chi connectivity index (χ0v) is 8.96. The molecule has 1 heterocycles. The predicted octanol–water partition coefficient (Wildman–Crippen LogP) is 2.00. The van der Waals surface area contributed by atoms with Crippen molar-refractivity contribution in [1.82, 2.24) is 10.3 Å². The first-order valence-electron chi connectivity index (χ1n) is 5.03. The molecule has 1 unspecified atom stereocenters. The monoisotopic (exact) mass is 210 g/mol. The third-order valence-electron chi connectivity index (χ3n) is 2.30. The third-order valence-corrected chi connectivity index (χ3v) is 2.30. The molecule has 0 aliphatic heterocycles. The van der Waals surface area contributed by atoms with Crippen molar-refractivity contribution < 1.29 is 9.18 Å². The second-order valence-electron chi connectivity index (χ2n) is 3.59. The Balaban J connectivity index is 2.54. The van der Waals surface area contributed by atoms with E-state index in [9.17, 15) is 9.18 Å². The van der Waals surface area contributed by atoms with Crippen LogP contribution in [-0.2, 0) is 0 Å². The average molecular weight is 210 g/mol. The van der Waals surface area contributed by atoms with E-state index >= 15 is 0 Å². The Labute approximate surface area is 88.7 Å². The summed E-state index contributed by atoms with van der Waals surface area (Å²) in [6.45, 7) is 4.72. The SMILES string of the molecule is CCC(C)CNC(=O)c1ccnc(F)c1. The second kappa shape index (κ2) is 5.44. The molecule has 1 rings (SSSR count). The molecule has 0 aliphatic rings. The molecule has 1 atom stereocenters. The fourth-order valence-corrected chi connectivity index (χ4v) is 1.06. The Hall–Kier alpha value is -1.45. The number of aromatic nitrogens is 1. The maximum Gasteiger partial charge on any atom is 0.251 e. The Morgan fingerprint density at radius 3 is 3.00 bits per heavy atom. The molecule has 0 aliphatic carbocycles. The van der Waals surface area contributed by atoms with Crippen molar-refractivity contribution in [2.45, 2.75) is 20.3 Å². The topological polar surface area (TPSA) is 42.0 Å². The maximum atomic E-state index is 12.7. The van der Waals surface area contributed by atoms with Crippen LogP contribution in [0.25, 0.3) is 0 Å². The summed E-state index contributed by atoms with van der Waals surface area (Å²) in [6, 6.07) is 2.63. The van der Waals surface area contributed by atoms with Crippen LogP contribution >= 0.6 is 0 Å². The third kappa shape index (κ3) is 3.65. The second-order valence-corrected chi connectivity index (χ2v) is 3.59. The van der Waals surface area contributed by atoms with E-state index < -0.39 is 5.95 Å². The summed E-state index contributed by atoms with van der Waals surface area (Å²) in [5.74, 6) is -0.455. The zero-order valence-electron chi connectivity index (χ0n) is 8.96. The number of halogens is 1. The number of rotatable bonds is 4. The van der Waals surface area contributed by atoms with E-state index in [4.69, 9.17) is 0 Å². The van der Waals surface area contributed by atoms with E-state index in [1.54, 1.807) is 0 Å². The molecule has 15 heavy (non-hydrogen) atoms. The van der Waals surface area contributed by atoms with Crippen LogP contribution in [0.3, 0.4) is 0 Å². The maximum absolute atomic E-state index is 12.7. The van der Waals surface area contributed by atoms with Crippen LogP contribution in [0, 0.1) is 11.9 Å². The Morgan fingerprint density at radius 1 is 1.67 bits per heavy atom. The van der Waals surface area contributed by atoms with Crippen LogP contribution in [0.15, 0.2) is 18.3 Å². The summed E-state index contributed by atoms with van der Waals surface area (Å²) in [5.41, 5.74) is 0.311. The van der Waals surface area contributed by atoms with Gasteiger partial charge in [-0.25, -0.2) is 4.98 Å². The fourth-order valence-electron chi connectivity index (χ4n) is 1.06. The Morgan fingerprint density at radius 2 is 2.40 bits per heavy atom. The highest BCUT2D eigenvalue weighted by Crippen LogP contribution is 2.02. The van der Waals surface area contributed by atoms with Crippen molar-refractivity contribution >= 4 is 5.91 Å². The molecular formula is C11H15FN2O. The van der Waals surface area contributed by atoms with E-state index in [1.807, 2.05) is 6.92 Å². The summed E-state index contributed by atoms with van der Waals surface area (Å²) in [5, 5.41) is 2.74. The van der Waals surface area contributed by atoms with Crippen LogP contribution < -0.4 is 5.32 Å². The highest BCUT2D eigenvalue weighted by molar-refractivity contribution is 5.93. The summed E-state index contributed by atoms with van der Waals surface area (Å²) in [4.78, 5) is 14.9. The first kappa shape index (κ1) is 11.6. The van der Waals surface area contributed by atoms with Gasteiger partial charge in [0.05, 0.1) is 0 Å². The highest BCUT2D eigenvalue weighted by Gasteiger charge is 2.07. The van der Waals surface area contributed by atoms with Crippen LogP contribution in [0.2, 0.25) is 0 Å². The fraction of sp³-hybridized carbons (Fsp3) is 0.455. The summed E-state index contributed by atoms with van der Waals surface area (Å²) >= 11 is 0. The van der Waals surface area contributed by atoms with Gasteiger partial charge in [-0.1, -0.05) is 20.3 Å². The van der Waals surface area contributed by atoms with Gasteiger partial charge in [-0.2, -0.15) is 4.39 Å². The molecule has 1 N–H and O–H groups in total. The molecule has 3 nitrogen and oxygen atoms in total. The highest BCUT2D eigenvalue weighted by atomic mass is 19.1. The molecule has 0 aromatic carbocycles. The van der Waals surface area contributed by atoms with Gasteiger partial charge in [-0.05, 0) is 12.0 Å². The molecule has 0 spiro atoms. The number of hydrogen-bond acceptors (Lipinski definition) is 2. The van der Waals surface area contributed by atoms with Crippen LogP contribution in [-0.4, -0.2) is 17.4 Å². The molecule has 1 aromatic heterocycles. The van der Waals surface area contributed by atoms with Crippen LogP contribution in [0.5, 0.6) is 0 Å². The molecule has 0 saturated carbocycles. The van der Waals surface area contributed by atoms with E-state index in [1.165, 1.54) is 12.3 Å². The molecule has 0 saturated heterocycles. The van der Waals surface area contributed by atoms with Gasteiger partial charge >= 0.3 is 0 Å². The van der Waals surface area contributed by atoms with Gasteiger partial charge in [-0.3, -0.25) is 4.79 Å². The van der Waals surface area contributed by atoms with Crippen molar-refractivity contribution in [1.29, 1.82) is 0 Å². The number of carbonyl (C=O) groups excluding carboxylic acids is 1. The van der Waals surface area contributed by atoms with Gasteiger partial charge in [0.2, 0.25) is 5.95 Å². The van der Waals surface area contributed by atoms with E-state index in [0.717, 1.165) is 12.5 Å². The van der Waals surface area contributed by atoms with Crippen molar-refractivity contribution in [2.75, 3.05) is 6.54 Å². The number of amides is 1. The number of carbonyl (C=O) groups is 1. The minimum Gasteiger partial charge on any atom is -0.352 e. The quantitative estimate of drug-likeness (QED) is 0.772. The average Bonchev–Trinajstić information content (AvgIpc) is 2.25. The standard InChI is InChI=1S/C11H15FN2O/c1-3-8(2)7-14-11(15)9-4-5-13-10(12)6-9/h4-6,8H,3,7H2,1-2H3,(H,14,15). The number of pyridine rings is 1. The first-order chi connectivity index (χ1) is 7.13. The molecule has 1 amide bonds. The van der Waals surface area contributed by atoms with E-state index in [-0.39, 0.29) is 5.91 Å². The van der Waals surface area contributed by atoms with Gasteiger partial charge in [-0.15, -0.1) is 0 Å². The predicted molar refractivity (Wildman–Crippen MR) is 56.0 cm³/mol. The van der Waals surface area contributed by atoms with Gasteiger partial charge in [0.25, 0.3) is 5.91 Å². The van der Waals surface area contributed by atoms with Crippen molar-refractivity contribution in [2.24, 2.45) is 5.92 Å². The number of nitrogens with zero attached hydrogens (tertiary/aromatic N) is 1. The van der Waals surface area contributed by atoms with Gasteiger partial charge in [0.1, 0.15) is 0 Å². The van der Waals surface area contributed by atoms with Gasteiger partial charge in [0, 0.05) is 24.4 Å². The van der Waals surface area contributed by atoms with Gasteiger partial charge in [0.15, 0.2) is 0 Å². The molecule has 82 valence electrons. The van der Waals surface area contributed by atoms with Crippen molar-refractivity contribution in [3.05, 3.63) is 29.8 Å². The van der Waals surface area contributed by atoms with E-state index in [2.05, 4.69) is 17.2 Å². The van der Waals surface area contributed by atoms with Crippen LogP contribution in [0.1, 0.15) is 30.6 Å². The first-order valence-corrected chi connectivity index (χ1v) is 5.03. The smallest absolute Gasteiger partial charge is 0.251 e. The minimum atomic E-state index is -0.633. The normalized spacial score (nSPS) is 12.2. The largest absolute Gasteiger partial charge is 0.352 e. The summed E-state index contributed by atoms with van der Waals surface area (Å²) in [7, 11) is 0. The molecule has 4 heteroatoms. The number of nitrogens with one attached hydrogen (secondary N) is 1. The molecular weight excluding hydrogens is 195 g/mol. The summed E-state index contributed by atoms with van der Waals surface area (Å²) < 4.78 is 12.7. The minimum absolute atomic E-state index is 0.253. The number of hydrogen-bond donors (Lipinski definition) is 1. The lowest BCUT2D eigenvalue weighted by molar-refractivity contribution is 0.0947. The van der Waals surface area contributed by atoms with Crippen LogP contribution in [0.4, 0.5) is 4.39 Å². The molecule has 0 fully saturated rings. The molecule has 1 aromatic rings. The lowest BCUT2D eigenvalue weighted by Gasteiger charge is -2.09. The molecule has 0 bridgehead atoms. The van der Waals surface area contributed by atoms with Crippen molar-refractivity contribution in [3.63, 3.8) is 0 Å².